The van der Waals surface area contributed by atoms with E-state index in [0.717, 1.165) is 36.7 Å². The molecule has 7 nitrogen and oxygen atoms in total. The number of para-hydroxylation sites is 2. The van der Waals surface area contributed by atoms with Crippen molar-refractivity contribution < 1.29 is 23.7 Å². The minimum Gasteiger partial charge on any atom is -0.496 e. The maximum Gasteiger partial charge on any atom is 0.248 e. The first-order valence-corrected chi connectivity index (χ1v) is 11.3. The second kappa shape index (κ2) is 12.6. The van der Waals surface area contributed by atoms with Gasteiger partial charge in [-0.3, -0.25) is 9.69 Å². The molecule has 1 heterocycles. The summed E-state index contributed by atoms with van der Waals surface area (Å²) in [5.74, 6) is 2.24. The number of hydrogen-bond donors (Lipinski definition) is 0. The monoisotopic (exact) mass is 456 g/mol. The zero-order valence-corrected chi connectivity index (χ0v) is 20.2. The van der Waals surface area contributed by atoms with Gasteiger partial charge in [0.05, 0.1) is 20.8 Å². The summed E-state index contributed by atoms with van der Waals surface area (Å²) >= 11 is 0. The zero-order valence-electron chi connectivity index (χ0n) is 20.2. The van der Waals surface area contributed by atoms with E-state index in [0.29, 0.717) is 19.7 Å². The van der Waals surface area contributed by atoms with E-state index < -0.39 is 0 Å². The zero-order chi connectivity index (χ0) is 23.6. The highest BCUT2D eigenvalue weighted by atomic mass is 16.5. The van der Waals surface area contributed by atoms with Crippen LogP contribution in [-0.2, 0) is 20.8 Å². The molecule has 180 valence electrons. The van der Waals surface area contributed by atoms with E-state index in [9.17, 15) is 4.79 Å². The maximum atomic E-state index is 12.7. The molecule has 1 aliphatic rings. The minimum atomic E-state index is -0.0171. The van der Waals surface area contributed by atoms with E-state index in [4.69, 9.17) is 18.9 Å². The number of hydrogen-bond acceptors (Lipinski definition) is 6. The van der Waals surface area contributed by atoms with Crippen LogP contribution in [0.15, 0.2) is 48.5 Å². The van der Waals surface area contributed by atoms with Gasteiger partial charge in [-0.1, -0.05) is 36.4 Å². The lowest BCUT2D eigenvalue weighted by Crippen LogP contribution is -2.41. The van der Waals surface area contributed by atoms with E-state index in [1.54, 1.807) is 28.4 Å². The van der Waals surface area contributed by atoms with Gasteiger partial charge in [0.2, 0.25) is 5.91 Å². The Morgan fingerprint density at radius 1 is 0.939 bits per heavy atom. The molecule has 0 spiro atoms. The number of likely N-dealkylation sites (tertiary alicyclic amines) is 1. The predicted octanol–water partition coefficient (Wildman–Crippen LogP) is 3.04. The molecule has 2 aromatic carbocycles. The molecule has 0 aromatic heterocycles. The Bertz CT molecular complexity index is 890. The van der Waals surface area contributed by atoms with E-state index in [1.165, 1.54) is 5.56 Å². The Hall–Kier alpha value is -2.61. The Labute approximate surface area is 197 Å². The van der Waals surface area contributed by atoms with Crippen LogP contribution in [0.1, 0.15) is 17.0 Å². The van der Waals surface area contributed by atoms with Crippen LogP contribution < -0.4 is 9.47 Å². The SMILES string of the molecule is COCCN(C[C@@H]1CN(Cc2ccccc2OC)C[C@@H]1c1ccccc1OC)C(=O)COC. The number of rotatable bonds is 12. The minimum absolute atomic E-state index is 0.0171. The van der Waals surface area contributed by atoms with Gasteiger partial charge >= 0.3 is 0 Å². The van der Waals surface area contributed by atoms with Crippen molar-refractivity contribution in [2.75, 3.05) is 67.8 Å². The lowest BCUT2D eigenvalue weighted by Gasteiger charge is -2.29. The van der Waals surface area contributed by atoms with E-state index in [-0.39, 0.29) is 24.3 Å². The van der Waals surface area contributed by atoms with Gasteiger partial charge in [0, 0.05) is 58.4 Å². The summed E-state index contributed by atoms with van der Waals surface area (Å²) in [5, 5.41) is 0. The number of ether oxygens (including phenoxy) is 4. The van der Waals surface area contributed by atoms with Crippen molar-refractivity contribution >= 4 is 5.91 Å². The topological polar surface area (TPSA) is 60.5 Å². The fourth-order valence-electron chi connectivity index (χ4n) is 4.69. The van der Waals surface area contributed by atoms with Crippen LogP contribution in [-0.4, -0.2) is 83.5 Å². The van der Waals surface area contributed by atoms with Crippen molar-refractivity contribution in [3.63, 3.8) is 0 Å². The van der Waals surface area contributed by atoms with Crippen molar-refractivity contribution in [1.82, 2.24) is 9.80 Å². The first kappa shape index (κ1) is 25.0. The Kier molecular flexibility index (Phi) is 9.54. The number of methoxy groups -OCH3 is 4. The quantitative estimate of drug-likeness (QED) is 0.489. The van der Waals surface area contributed by atoms with Gasteiger partial charge in [-0.2, -0.15) is 0 Å². The molecule has 7 heteroatoms. The predicted molar refractivity (Wildman–Crippen MR) is 128 cm³/mol. The molecule has 0 radical (unpaired) electrons. The number of carbonyl (C=O) groups excluding carboxylic acids is 1. The van der Waals surface area contributed by atoms with Crippen LogP contribution in [0.4, 0.5) is 0 Å². The third-order valence-corrected chi connectivity index (χ3v) is 6.28. The Morgan fingerprint density at radius 2 is 1.64 bits per heavy atom. The highest BCUT2D eigenvalue weighted by Crippen LogP contribution is 2.39. The lowest BCUT2D eigenvalue weighted by atomic mass is 9.88. The summed E-state index contributed by atoms with van der Waals surface area (Å²) < 4.78 is 21.6. The fourth-order valence-corrected chi connectivity index (χ4v) is 4.69. The third-order valence-electron chi connectivity index (χ3n) is 6.28. The van der Waals surface area contributed by atoms with Crippen molar-refractivity contribution in [2.45, 2.75) is 12.5 Å². The average Bonchev–Trinajstić information content (AvgIpc) is 3.23. The molecule has 1 amide bonds. The lowest BCUT2D eigenvalue weighted by molar-refractivity contribution is -0.136. The molecule has 0 aliphatic carbocycles. The molecule has 33 heavy (non-hydrogen) atoms. The van der Waals surface area contributed by atoms with Gasteiger partial charge in [-0.25, -0.2) is 0 Å². The molecule has 3 rings (SSSR count). The molecular weight excluding hydrogens is 420 g/mol. The van der Waals surface area contributed by atoms with Crippen LogP contribution in [0.3, 0.4) is 0 Å². The molecule has 2 aromatic rings. The van der Waals surface area contributed by atoms with E-state index in [1.807, 2.05) is 35.2 Å². The summed E-state index contributed by atoms with van der Waals surface area (Å²) in [6.07, 6.45) is 0. The van der Waals surface area contributed by atoms with Gasteiger partial charge < -0.3 is 23.8 Å². The second-order valence-corrected chi connectivity index (χ2v) is 8.38. The van der Waals surface area contributed by atoms with Crippen LogP contribution >= 0.6 is 0 Å². The molecule has 1 fully saturated rings. The highest BCUT2D eigenvalue weighted by Gasteiger charge is 2.37. The molecule has 1 saturated heterocycles. The summed E-state index contributed by atoms with van der Waals surface area (Å²) in [6.45, 7) is 4.27. The normalized spacial score (nSPS) is 18.3. The fraction of sp³-hybridized carbons (Fsp3) is 0.500. The smallest absolute Gasteiger partial charge is 0.248 e. The van der Waals surface area contributed by atoms with E-state index >= 15 is 0 Å². The number of nitrogens with zero attached hydrogens (tertiary/aromatic N) is 2. The first-order chi connectivity index (χ1) is 16.1. The van der Waals surface area contributed by atoms with Crippen molar-refractivity contribution in [3.05, 3.63) is 59.7 Å². The van der Waals surface area contributed by atoms with Crippen molar-refractivity contribution in [1.29, 1.82) is 0 Å². The Balaban J connectivity index is 1.86. The van der Waals surface area contributed by atoms with Crippen LogP contribution in [0.25, 0.3) is 0 Å². The van der Waals surface area contributed by atoms with Crippen molar-refractivity contribution in [2.24, 2.45) is 5.92 Å². The summed E-state index contributed by atoms with van der Waals surface area (Å²) in [5.41, 5.74) is 2.34. The van der Waals surface area contributed by atoms with Crippen LogP contribution in [0, 0.1) is 5.92 Å². The van der Waals surface area contributed by atoms with Gasteiger partial charge in [0.25, 0.3) is 0 Å². The van der Waals surface area contributed by atoms with Crippen LogP contribution in [0.2, 0.25) is 0 Å². The molecular formula is C26H36N2O5. The average molecular weight is 457 g/mol. The molecule has 2 atom stereocenters. The largest absolute Gasteiger partial charge is 0.496 e. The molecule has 0 unspecified atom stereocenters. The van der Waals surface area contributed by atoms with Crippen LogP contribution in [0.5, 0.6) is 11.5 Å². The summed E-state index contributed by atoms with van der Waals surface area (Å²) in [4.78, 5) is 17.1. The van der Waals surface area contributed by atoms with Gasteiger partial charge in [-0.05, 0) is 23.6 Å². The number of carbonyl (C=O) groups is 1. The standard InChI is InChI=1S/C26H36N2O5/c1-30-14-13-28(26(29)19-31-2)17-21-16-27(15-20-9-5-7-11-24(20)32-3)18-23(21)22-10-6-8-12-25(22)33-4/h5-12,21,23H,13-19H2,1-4H3/t21-,23-/m0/s1. The van der Waals surface area contributed by atoms with Gasteiger partial charge in [-0.15, -0.1) is 0 Å². The van der Waals surface area contributed by atoms with E-state index in [2.05, 4.69) is 23.1 Å². The molecule has 0 saturated carbocycles. The number of amides is 1. The van der Waals surface area contributed by atoms with Gasteiger partial charge in [0.15, 0.2) is 0 Å². The first-order valence-electron chi connectivity index (χ1n) is 11.3. The summed E-state index contributed by atoms with van der Waals surface area (Å²) in [7, 11) is 6.62. The van der Waals surface area contributed by atoms with Crippen molar-refractivity contribution in [3.8, 4) is 11.5 Å². The number of benzene rings is 2. The summed E-state index contributed by atoms with van der Waals surface area (Å²) in [6, 6.07) is 16.3. The third kappa shape index (κ3) is 6.47. The molecule has 0 N–H and O–H groups in total. The van der Waals surface area contributed by atoms with Gasteiger partial charge in [0.1, 0.15) is 18.1 Å². The molecule has 1 aliphatic heterocycles. The second-order valence-electron chi connectivity index (χ2n) is 8.38. The highest BCUT2D eigenvalue weighted by molar-refractivity contribution is 5.77. The Morgan fingerprint density at radius 3 is 2.33 bits per heavy atom. The molecule has 0 bridgehead atoms. The maximum absolute atomic E-state index is 12.7.